The number of hydrogen-bond donors (Lipinski definition) is 0. The summed E-state index contributed by atoms with van der Waals surface area (Å²) in [7, 11) is 0. The maximum atomic E-state index is 12.8. The predicted molar refractivity (Wildman–Crippen MR) is 279 cm³/mol. The van der Waals surface area contributed by atoms with Crippen molar-refractivity contribution in [2.24, 2.45) is 0 Å². The minimum absolute atomic E-state index is 0.117. The Balaban J connectivity index is 4.46. The zero-order chi connectivity index (χ0) is 47.2. The highest BCUT2D eigenvalue weighted by molar-refractivity contribution is 5.71. The average molecular weight is 897 g/mol. The lowest BCUT2D eigenvalue weighted by Gasteiger charge is -2.18. The highest BCUT2D eigenvalue weighted by Gasteiger charge is 2.19. The largest absolute Gasteiger partial charge is 0.462 e. The lowest BCUT2D eigenvalue weighted by Crippen LogP contribution is -2.30. The van der Waals surface area contributed by atoms with Crippen LogP contribution in [0.4, 0.5) is 0 Å². The molecule has 0 amide bonds. The van der Waals surface area contributed by atoms with Crippen LogP contribution in [0.25, 0.3) is 0 Å². The van der Waals surface area contributed by atoms with Crippen molar-refractivity contribution in [1.82, 2.24) is 0 Å². The zero-order valence-corrected chi connectivity index (χ0v) is 41.4. The second-order valence-corrected chi connectivity index (χ2v) is 16.3. The van der Waals surface area contributed by atoms with Crippen molar-refractivity contribution in [2.75, 3.05) is 13.2 Å². The molecule has 0 aliphatic carbocycles. The summed E-state index contributed by atoms with van der Waals surface area (Å²) >= 11 is 0. The van der Waals surface area contributed by atoms with Gasteiger partial charge in [-0.2, -0.15) is 0 Å². The first-order valence-corrected chi connectivity index (χ1v) is 25.7. The molecular formula is C59H92O6. The maximum absolute atomic E-state index is 12.8. The Morgan fingerprint density at radius 3 is 0.908 bits per heavy atom. The van der Waals surface area contributed by atoms with Gasteiger partial charge in [-0.3, -0.25) is 14.4 Å². The van der Waals surface area contributed by atoms with Crippen LogP contribution in [0.2, 0.25) is 0 Å². The second-order valence-electron chi connectivity index (χ2n) is 16.3. The molecule has 0 saturated carbocycles. The van der Waals surface area contributed by atoms with Crippen LogP contribution in [0.5, 0.6) is 0 Å². The van der Waals surface area contributed by atoms with Crippen molar-refractivity contribution in [3.05, 3.63) is 134 Å². The van der Waals surface area contributed by atoms with E-state index in [-0.39, 0.29) is 31.1 Å². The summed E-state index contributed by atoms with van der Waals surface area (Å²) in [5.74, 6) is -1.01. The molecule has 1 unspecified atom stereocenters. The van der Waals surface area contributed by atoms with E-state index in [0.29, 0.717) is 19.3 Å². The monoisotopic (exact) mass is 897 g/mol. The summed E-state index contributed by atoms with van der Waals surface area (Å²) in [5, 5.41) is 0. The van der Waals surface area contributed by atoms with E-state index in [4.69, 9.17) is 14.2 Å². The Morgan fingerprint density at radius 2 is 0.554 bits per heavy atom. The summed E-state index contributed by atoms with van der Waals surface area (Å²) in [6, 6.07) is 0. The molecule has 65 heavy (non-hydrogen) atoms. The average Bonchev–Trinajstić information content (AvgIpc) is 3.30. The Bertz CT molecular complexity index is 1450. The third-order valence-electron chi connectivity index (χ3n) is 10.1. The zero-order valence-electron chi connectivity index (χ0n) is 41.4. The molecule has 0 aliphatic heterocycles. The van der Waals surface area contributed by atoms with Gasteiger partial charge in [0, 0.05) is 19.3 Å². The van der Waals surface area contributed by atoms with Crippen LogP contribution in [0.3, 0.4) is 0 Å². The minimum Gasteiger partial charge on any atom is -0.462 e. The molecule has 0 N–H and O–H groups in total. The standard InChI is InChI=1S/C59H92O6/c1-4-7-10-13-16-19-21-23-25-27-29-31-33-35-37-40-43-46-49-52-58(61)64-55-56(54-63-57(60)51-48-45-42-39-18-15-12-9-6-3)65-59(62)53-50-47-44-41-38-36-34-32-30-28-26-24-22-20-17-14-11-8-5-2/h7-12,16-20,23-26,29-32,35,37,39,56H,4-6,13-15,21-22,27-28,33-34,36,38,40-55H2,1-3H3/b10-7-,11-8-,12-9-,19-16-,20-17-,25-23-,26-24-,31-29-,32-30-,37-35-,39-18-. The lowest BCUT2D eigenvalue weighted by molar-refractivity contribution is -0.167. The summed E-state index contributed by atoms with van der Waals surface area (Å²) in [6.07, 6.45) is 73.1. The highest BCUT2D eigenvalue weighted by atomic mass is 16.6. The first kappa shape index (κ1) is 60.5. The van der Waals surface area contributed by atoms with Gasteiger partial charge in [0.15, 0.2) is 6.10 Å². The first-order valence-electron chi connectivity index (χ1n) is 25.7. The van der Waals surface area contributed by atoms with Gasteiger partial charge in [-0.15, -0.1) is 0 Å². The van der Waals surface area contributed by atoms with E-state index in [1.54, 1.807) is 0 Å². The molecule has 0 heterocycles. The van der Waals surface area contributed by atoms with Gasteiger partial charge in [0.2, 0.25) is 0 Å². The van der Waals surface area contributed by atoms with Crippen molar-refractivity contribution >= 4 is 17.9 Å². The van der Waals surface area contributed by atoms with E-state index in [0.717, 1.165) is 148 Å². The smallest absolute Gasteiger partial charge is 0.306 e. The molecule has 0 aromatic heterocycles. The van der Waals surface area contributed by atoms with Crippen LogP contribution in [0.15, 0.2) is 134 Å². The summed E-state index contributed by atoms with van der Waals surface area (Å²) < 4.78 is 16.7. The fourth-order valence-corrected chi connectivity index (χ4v) is 6.38. The van der Waals surface area contributed by atoms with Crippen LogP contribution in [-0.4, -0.2) is 37.2 Å². The summed E-state index contributed by atoms with van der Waals surface area (Å²) in [6.45, 7) is 6.19. The van der Waals surface area contributed by atoms with Gasteiger partial charge in [-0.1, -0.05) is 187 Å². The van der Waals surface area contributed by atoms with Crippen LogP contribution in [-0.2, 0) is 28.6 Å². The number of rotatable bonds is 44. The number of allylic oxidation sites excluding steroid dienone is 22. The molecule has 0 radical (unpaired) electrons. The SMILES string of the molecule is CC/C=C\C/C=C\C/C=C\C/C=C\C/C=C\CCCCCC(=O)OCC(COC(=O)CCCC/C=C\C/C=C\CC)OC(=O)CCCCCCCC/C=C\C/C=C\C/C=C\C/C=C\CC. The van der Waals surface area contributed by atoms with Gasteiger partial charge < -0.3 is 14.2 Å². The molecule has 364 valence electrons. The number of unbranched alkanes of at least 4 members (excludes halogenated alkanes) is 11. The first-order chi connectivity index (χ1) is 32.0. The molecule has 0 rings (SSSR count). The fraction of sp³-hybridized carbons (Fsp3) is 0.576. The Labute approximate surface area is 398 Å². The van der Waals surface area contributed by atoms with Gasteiger partial charge in [-0.05, 0) is 128 Å². The number of ether oxygens (including phenoxy) is 3. The van der Waals surface area contributed by atoms with E-state index in [1.165, 1.54) is 12.8 Å². The molecule has 0 spiro atoms. The summed E-state index contributed by atoms with van der Waals surface area (Å²) in [4.78, 5) is 37.9. The van der Waals surface area contributed by atoms with Crippen molar-refractivity contribution in [1.29, 1.82) is 0 Å². The third-order valence-corrected chi connectivity index (χ3v) is 10.1. The van der Waals surface area contributed by atoms with Crippen LogP contribution in [0, 0.1) is 0 Å². The van der Waals surface area contributed by atoms with Crippen LogP contribution < -0.4 is 0 Å². The second kappa shape index (κ2) is 52.2. The van der Waals surface area contributed by atoms with Gasteiger partial charge in [0.05, 0.1) is 0 Å². The molecule has 0 fully saturated rings. The number of hydrogen-bond acceptors (Lipinski definition) is 6. The molecule has 0 bridgehead atoms. The van der Waals surface area contributed by atoms with E-state index in [9.17, 15) is 14.4 Å². The van der Waals surface area contributed by atoms with Gasteiger partial charge in [0.1, 0.15) is 13.2 Å². The lowest BCUT2D eigenvalue weighted by atomic mass is 10.1. The normalized spacial score (nSPS) is 13.2. The number of esters is 3. The molecule has 6 heteroatoms. The predicted octanol–water partition coefficient (Wildman–Crippen LogP) is 17.1. The number of carbonyl (C=O) groups is 3. The van der Waals surface area contributed by atoms with Gasteiger partial charge in [0.25, 0.3) is 0 Å². The van der Waals surface area contributed by atoms with E-state index >= 15 is 0 Å². The molecular weight excluding hydrogens is 805 g/mol. The van der Waals surface area contributed by atoms with Crippen molar-refractivity contribution in [2.45, 2.75) is 207 Å². The molecule has 0 aliphatic rings. The molecule has 1 atom stereocenters. The summed E-state index contributed by atoms with van der Waals surface area (Å²) in [5.41, 5.74) is 0. The van der Waals surface area contributed by atoms with Crippen LogP contribution in [0.1, 0.15) is 201 Å². The maximum Gasteiger partial charge on any atom is 0.306 e. The molecule has 0 aromatic carbocycles. The Kier molecular flexibility index (Phi) is 48.6. The molecule has 0 aromatic rings. The molecule has 6 nitrogen and oxygen atoms in total. The highest BCUT2D eigenvalue weighted by Crippen LogP contribution is 2.12. The quantitative estimate of drug-likeness (QED) is 0.0262. The Hall–Kier alpha value is -4.45. The van der Waals surface area contributed by atoms with Gasteiger partial charge >= 0.3 is 17.9 Å². The van der Waals surface area contributed by atoms with Crippen LogP contribution >= 0.6 is 0 Å². The Morgan fingerprint density at radius 1 is 0.308 bits per heavy atom. The van der Waals surface area contributed by atoms with E-state index < -0.39 is 6.10 Å². The van der Waals surface area contributed by atoms with Crippen molar-refractivity contribution in [3.8, 4) is 0 Å². The van der Waals surface area contributed by atoms with Crippen molar-refractivity contribution in [3.63, 3.8) is 0 Å². The number of carbonyl (C=O) groups excluding carboxylic acids is 3. The third kappa shape index (κ3) is 50.4. The fourth-order valence-electron chi connectivity index (χ4n) is 6.38. The van der Waals surface area contributed by atoms with Crippen molar-refractivity contribution < 1.29 is 28.6 Å². The minimum atomic E-state index is -0.816. The molecule has 0 saturated heterocycles. The van der Waals surface area contributed by atoms with Gasteiger partial charge in [-0.25, -0.2) is 0 Å². The van der Waals surface area contributed by atoms with E-state index in [2.05, 4.69) is 154 Å². The van der Waals surface area contributed by atoms with E-state index in [1.807, 2.05) is 0 Å². The topological polar surface area (TPSA) is 78.9 Å².